The zero-order valence-corrected chi connectivity index (χ0v) is 24.9. The molecule has 2 heterocycles. The molecule has 3 nitrogen and oxygen atoms in total. The van der Waals surface area contributed by atoms with Crippen LogP contribution >= 0.6 is 0 Å². The maximum absolute atomic E-state index is 6.07. The lowest BCUT2D eigenvalue weighted by molar-refractivity contribution is 1.10. The van der Waals surface area contributed by atoms with Crippen molar-refractivity contribution in [3.8, 4) is 39.5 Å². The van der Waals surface area contributed by atoms with Gasteiger partial charge in [0.15, 0.2) is 0 Å². The highest BCUT2D eigenvalue weighted by atomic mass is 15.1. The molecule has 0 saturated carbocycles. The number of imidazole rings is 1. The van der Waals surface area contributed by atoms with E-state index in [1.54, 1.807) is 0 Å². The molecule has 0 unspecified atom stereocenters. The maximum atomic E-state index is 6.07. The Labute approximate surface area is 267 Å². The molecule has 212 valence electrons. The average molecular weight is 584 g/mol. The van der Waals surface area contributed by atoms with Crippen LogP contribution < -0.4 is 5.46 Å². The Morgan fingerprint density at radius 1 is 0.457 bits per heavy atom. The first kappa shape index (κ1) is 26.4. The quantitative estimate of drug-likeness (QED) is 0.153. The average Bonchev–Trinajstić information content (AvgIpc) is 3.51. The lowest BCUT2D eigenvalue weighted by Crippen LogP contribution is -2.00. The van der Waals surface area contributed by atoms with E-state index in [-0.39, 0.29) is 0 Å². The van der Waals surface area contributed by atoms with E-state index >= 15 is 0 Å². The Bertz CT molecular complexity index is 2570. The molecule has 2 aromatic heterocycles. The summed E-state index contributed by atoms with van der Waals surface area (Å²) in [5.41, 5.74) is 10.2. The molecule has 0 fully saturated rings. The molecule has 0 spiro atoms. The molecule has 9 rings (SSSR count). The van der Waals surface area contributed by atoms with Crippen molar-refractivity contribution in [3.05, 3.63) is 158 Å². The number of hydrogen-bond acceptors (Lipinski definition) is 2. The van der Waals surface area contributed by atoms with Crippen LogP contribution in [0.1, 0.15) is 0 Å². The summed E-state index contributed by atoms with van der Waals surface area (Å²) in [5, 5.41) is 5.89. The van der Waals surface area contributed by atoms with Crippen LogP contribution in [0.15, 0.2) is 158 Å². The number of benzene rings is 7. The van der Waals surface area contributed by atoms with E-state index < -0.39 is 0 Å². The van der Waals surface area contributed by atoms with Gasteiger partial charge in [-0.1, -0.05) is 127 Å². The fraction of sp³-hybridized carbons (Fsp3) is 0. The molecular weight excluding hydrogens is 557 g/mol. The Kier molecular flexibility index (Phi) is 6.07. The van der Waals surface area contributed by atoms with Gasteiger partial charge in [0.05, 0.1) is 22.2 Å². The van der Waals surface area contributed by atoms with Crippen LogP contribution in [-0.2, 0) is 0 Å². The third-order valence-electron chi connectivity index (χ3n) is 8.92. The summed E-state index contributed by atoms with van der Waals surface area (Å²) < 4.78 is 2.24. The molecule has 0 aliphatic rings. The minimum Gasteiger partial charge on any atom is -0.292 e. The van der Waals surface area contributed by atoms with E-state index in [0.29, 0.717) is 0 Å². The number of para-hydroxylation sites is 4. The number of fused-ring (bicyclic) bond motifs is 6. The van der Waals surface area contributed by atoms with Crippen LogP contribution in [0, 0.1) is 0 Å². The summed E-state index contributed by atoms with van der Waals surface area (Å²) in [5.74, 6) is 0.920. The molecule has 0 N–H and O–H groups in total. The van der Waals surface area contributed by atoms with Crippen molar-refractivity contribution in [2.75, 3.05) is 0 Å². The zero-order valence-electron chi connectivity index (χ0n) is 24.9. The second kappa shape index (κ2) is 10.6. The van der Waals surface area contributed by atoms with Crippen molar-refractivity contribution in [1.82, 2.24) is 14.5 Å². The van der Waals surface area contributed by atoms with Gasteiger partial charge in [0.25, 0.3) is 0 Å². The first-order valence-electron chi connectivity index (χ1n) is 15.5. The topological polar surface area (TPSA) is 30.7 Å². The summed E-state index contributed by atoms with van der Waals surface area (Å²) >= 11 is 0. The van der Waals surface area contributed by atoms with E-state index in [0.717, 1.165) is 66.7 Å². The molecule has 0 aliphatic heterocycles. The van der Waals surface area contributed by atoms with Crippen molar-refractivity contribution in [2.45, 2.75) is 0 Å². The molecule has 4 heteroatoms. The van der Waals surface area contributed by atoms with Gasteiger partial charge >= 0.3 is 0 Å². The van der Waals surface area contributed by atoms with Crippen molar-refractivity contribution in [2.24, 2.45) is 0 Å². The Morgan fingerprint density at radius 2 is 1.07 bits per heavy atom. The molecule has 2 radical (unpaired) electrons. The fourth-order valence-corrected chi connectivity index (χ4v) is 6.77. The van der Waals surface area contributed by atoms with Gasteiger partial charge in [0.2, 0.25) is 0 Å². The Balaban J connectivity index is 1.27. The smallest absolute Gasteiger partial charge is 0.145 e. The summed E-state index contributed by atoms with van der Waals surface area (Å²) in [6.45, 7) is 0. The number of pyridine rings is 1. The minimum atomic E-state index is 0.737. The van der Waals surface area contributed by atoms with Crippen LogP contribution in [0.25, 0.3) is 82.9 Å². The van der Waals surface area contributed by atoms with Gasteiger partial charge < -0.3 is 0 Å². The molecule has 0 saturated heterocycles. The lowest BCUT2D eigenvalue weighted by atomic mass is 9.89. The Morgan fingerprint density at radius 3 is 1.85 bits per heavy atom. The third-order valence-corrected chi connectivity index (χ3v) is 8.92. The molecule has 9 aromatic rings. The lowest BCUT2D eigenvalue weighted by Gasteiger charge is -2.16. The highest BCUT2D eigenvalue weighted by molar-refractivity contribution is 6.32. The van der Waals surface area contributed by atoms with Gasteiger partial charge in [0, 0.05) is 33.0 Å². The van der Waals surface area contributed by atoms with Crippen LogP contribution in [0.3, 0.4) is 0 Å². The fourth-order valence-electron chi connectivity index (χ4n) is 6.77. The molecule has 0 aliphatic carbocycles. The second-order valence-corrected chi connectivity index (χ2v) is 11.7. The van der Waals surface area contributed by atoms with E-state index in [9.17, 15) is 0 Å². The van der Waals surface area contributed by atoms with Crippen molar-refractivity contribution < 1.29 is 0 Å². The van der Waals surface area contributed by atoms with Gasteiger partial charge in [-0.15, -0.1) is 0 Å². The molecule has 0 atom stereocenters. The van der Waals surface area contributed by atoms with Crippen LogP contribution in [0.4, 0.5) is 0 Å². The van der Waals surface area contributed by atoms with Crippen molar-refractivity contribution >= 4 is 56.8 Å². The highest BCUT2D eigenvalue weighted by Gasteiger charge is 2.18. The summed E-state index contributed by atoms with van der Waals surface area (Å²) in [6.07, 6.45) is 0. The molecule has 0 bridgehead atoms. The number of rotatable bonds is 4. The predicted octanol–water partition coefficient (Wildman–Crippen LogP) is 9.67. The molecule has 46 heavy (non-hydrogen) atoms. The highest BCUT2D eigenvalue weighted by Crippen LogP contribution is 2.42. The van der Waals surface area contributed by atoms with Crippen LogP contribution in [0.5, 0.6) is 0 Å². The Hall–Kier alpha value is -6.00. The number of nitrogens with zero attached hydrogens (tertiary/aromatic N) is 3. The summed E-state index contributed by atoms with van der Waals surface area (Å²) in [6, 6.07) is 55.0. The molecule has 7 aromatic carbocycles. The normalized spacial score (nSPS) is 11.6. The van der Waals surface area contributed by atoms with E-state index in [4.69, 9.17) is 17.8 Å². The first-order chi connectivity index (χ1) is 22.7. The van der Waals surface area contributed by atoms with Crippen LogP contribution in [0.2, 0.25) is 0 Å². The van der Waals surface area contributed by atoms with Gasteiger partial charge in [-0.05, 0) is 58.3 Å². The monoisotopic (exact) mass is 583 g/mol. The van der Waals surface area contributed by atoms with E-state index in [1.165, 1.54) is 21.7 Å². The number of aromatic nitrogens is 3. The standard InChI is InChI=1S/C42H26BN3/c43-30-24-22-28(23-25-30)41-36-26-35(32-12-4-5-13-33(32)40(36)34-14-6-7-15-37(34)44-41)27-18-20-29(21-19-27)42-45-38-16-8-9-17-39(38)46(42)31-10-2-1-3-11-31/h1-26H. The third kappa shape index (κ3) is 4.22. The van der Waals surface area contributed by atoms with Gasteiger partial charge in [-0.2, -0.15) is 0 Å². The van der Waals surface area contributed by atoms with Crippen molar-refractivity contribution in [3.63, 3.8) is 0 Å². The number of hydrogen-bond donors (Lipinski definition) is 0. The zero-order chi connectivity index (χ0) is 30.6. The van der Waals surface area contributed by atoms with E-state index in [2.05, 4.69) is 138 Å². The SMILES string of the molecule is [B]c1ccc(-c2nc3ccccc3c3c2cc(-c2ccc(-c4nc5ccccc5n4-c4ccccc4)cc2)c2ccccc23)cc1. The summed E-state index contributed by atoms with van der Waals surface area (Å²) in [7, 11) is 6.07. The second-order valence-electron chi connectivity index (χ2n) is 11.7. The van der Waals surface area contributed by atoms with Crippen molar-refractivity contribution in [1.29, 1.82) is 0 Å². The summed E-state index contributed by atoms with van der Waals surface area (Å²) in [4.78, 5) is 10.3. The molecular formula is C42H26BN3. The van der Waals surface area contributed by atoms with Gasteiger partial charge in [-0.25, -0.2) is 9.97 Å². The maximum Gasteiger partial charge on any atom is 0.145 e. The van der Waals surface area contributed by atoms with Crippen LogP contribution in [-0.4, -0.2) is 22.4 Å². The van der Waals surface area contributed by atoms with Gasteiger partial charge in [-0.3, -0.25) is 4.57 Å². The van der Waals surface area contributed by atoms with Gasteiger partial charge in [0.1, 0.15) is 13.7 Å². The largest absolute Gasteiger partial charge is 0.292 e. The minimum absolute atomic E-state index is 0.737. The molecule has 0 amide bonds. The van der Waals surface area contributed by atoms with E-state index in [1.807, 2.05) is 24.3 Å². The first-order valence-corrected chi connectivity index (χ1v) is 15.5. The predicted molar refractivity (Wildman–Crippen MR) is 193 cm³/mol.